The number of aliphatic hydroxyl groups is 5. The number of nitrogens with zero attached hydrogens (tertiary/aromatic N) is 2. The van der Waals surface area contributed by atoms with Crippen LogP contribution in [0.3, 0.4) is 0 Å². The second kappa shape index (κ2) is 29.2. The third kappa shape index (κ3) is 16.7. The molecule has 0 bridgehead atoms. The van der Waals surface area contributed by atoms with E-state index in [9.17, 15) is 43.9 Å². The summed E-state index contributed by atoms with van der Waals surface area (Å²) in [6.07, 6.45) is 7.04. The van der Waals surface area contributed by atoms with E-state index >= 15 is 0 Å². The molecule has 0 spiro atoms. The molecule has 2 aliphatic heterocycles. The van der Waals surface area contributed by atoms with Gasteiger partial charge in [0.05, 0.1) is 35.9 Å². The Morgan fingerprint density at radius 1 is 0.789 bits per heavy atom. The van der Waals surface area contributed by atoms with Crippen LogP contribution in [-0.4, -0.2) is 152 Å². The van der Waals surface area contributed by atoms with Crippen LogP contribution in [0.4, 0.5) is 8.78 Å². The smallest absolute Gasteiger partial charge is 0.126 e. The number of rotatable bonds is 21. The van der Waals surface area contributed by atoms with Gasteiger partial charge >= 0.3 is 207 Å². The number of amides is 1. The molecule has 5 rings (SSSR count). The number of aliphatic hydroxyl groups excluding tert-OH is 3. The Morgan fingerprint density at radius 2 is 1.30 bits per heavy atom. The minimum Gasteiger partial charge on any atom is -0.388 e. The summed E-state index contributed by atoms with van der Waals surface area (Å²) >= 11 is 0. The van der Waals surface area contributed by atoms with Gasteiger partial charge in [-0.25, -0.2) is 0 Å². The van der Waals surface area contributed by atoms with Crippen molar-refractivity contribution in [2.75, 3.05) is 26.8 Å². The van der Waals surface area contributed by atoms with Crippen LogP contribution in [-0.2, 0) is 23.8 Å². The summed E-state index contributed by atoms with van der Waals surface area (Å²) in [4.78, 5) is 31.6. The van der Waals surface area contributed by atoms with E-state index in [2.05, 4.69) is 60.7 Å². The second-order valence-corrected chi connectivity index (χ2v) is 28.9. The molecule has 12 nitrogen and oxygen atoms in total. The van der Waals surface area contributed by atoms with Crippen molar-refractivity contribution in [2.45, 2.75) is 255 Å². The van der Waals surface area contributed by atoms with E-state index in [0.29, 0.717) is 31.3 Å². The molecule has 3 fully saturated rings. The monoisotopic (exact) mass is 1090 g/mol. The molecule has 1 aliphatic carbocycles. The summed E-state index contributed by atoms with van der Waals surface area (Å²) in [7, 11) is 1.41. The van der Waals surface area contributed by atoms with Gasteiger partial charge in [0.25, 0.3) is 0 Å². The first-order chi connectivity index (χ1) is 35.9. The molecule has 0 unspecified atom stereocenters. The van der Waals surface area contributed by atoms with Crippen molar-refractivity contribution in [1.82, 2.24) is 9.80 Å². The van der Waals surface area contributed by atoms with Crippen molar-refractivity contribution in [3.05, 3.63) is 60.7 Å². The van der Waals surface area contributed by atoms with Crippen molar-refractivity contribution in [3.63, 3.8) is 0 Å². The number of alkyl halides is 2. The van der Waals surface area contributed by atoms with Crippen LogP contribution < -0.4 is 10.6 Å². The first kappa shape index (κ1) is 64.2. The number of likely N-dealkylation sites (N-methyl/N-ethyl adjacent to an activating group) is 1. The van der Waals surface area contributed by atoms with E-state index in [-0.39, 0.29) is 62.6 Å². The number of esters is 1. The van der Waals surface area contributed by atoms with Crippen LogP contribution in [0.15, 0.2) is 60.7 Å². The Morgan fingerprint density at radius 3 is 1.82 bits per heavy atom. The third-order valence-corrected chi connectivity index (χ3v) is 23.8. The molecule has 1 amide bonds. The van der Waals surface area contributed by atoms with E-state index in [1.165, 1.54) is 30.9 Å². The number of carbonyl (C=O) groups excluding carboxylic acids is 2. The molecule has 2 aromatic carbocycles. The predicted octanol–water partition coefficient (Wildman–Crippen LogP) is 9.53. The minimum absolute atomic E-state index is 0.0150. The predicted molar refractivity (Wildman–Crippen MR) is 302 cm³/mol. The van der Waals surface area contributed by atoms with Crippen LogP contribution in [0.2, 0.25) is 0 Å². The fourth-order valence-electron chi connectivity index (χ4n) is 13.4. The summed E-state index contributed by atoms with van der Waals surface area (Å²) in [5, 5.41) is 62.3. The van der Waals surface area contributed by atoms with Crippen LogP contribution in [0.5, 0.6) is 0 Å². The summed E-state index contributed by atoms with van der Waals surface area (Å²) in [5.41, 5.74) is -3.34. The third-order valence-electron chi connectivity index (χ3n) is 17.9. The minimum atomic E-state index is -2.56. The first-order valence-corrected chi connectivity index (χ1v) is 31.6. The van der Waals surface area contributed by atoms with Gasteiger partial charge in [-0.3, -0.25) is 9.59 Å². The number of halogens is 2. The zero-order valence-electron chi connectivity index (χ0n) is 48.1. The van der Waals surface area contributed by atoms with Gasteiger partial charge < -0.3 is 49.5 Å². The van der Waals surface area contributed by atoms with Gasteiger partial charge in [-0.1, -0.05) is 20.8 Å². The SMILES string of the molecule is CC[C@H]1OC(=O)[C@H](C)[C@@H](O)[C@H](C)[C@@H](O[C@@H]2O[C@H](C)C[C@H](N(C)C)[C@H]2O)[C@](C)(O)C[C@@H](C)CN(C(=O)CCCCCCCCCCCCC[PH](c2ccccc2)(c2ccccc2)C2CCC(F)(F)CC2)[C@H](C)[C@@H](O)[C@]1(C)O. The summed E-state index contributed by atoms with van der Waals surface area (Å²) in [6, 6.07) is 20.4. The molecule has 0 radical (unpaired) electrons. The van der Waals surface area contributed by atoms with Gasteiger partial charge in [0.2, 0.25) is 5.91 Å². The van der Waals surface area contributed by atoms with Crippen molar-refractivity contribution in [1.29, 1.82) is 0 Å². The Hall–Kier alpha value is -2.65. The number of hydrogen-bond acceptors (Lipinski definition) is 11. The molecule has 15 heteroatoms. The molecule has 5 N–H and O–H groups in total. The number of carbonyl (C=O) groups is 2. The van der Waals surface area contributed by atoms with Crippen molar-refractivity contribution in [2.24, 2.45) is 17.8 Å². The fraction of sp³-hybridized carbons (Fsp3) is 0.770. The molecular formula is C61H101F2N2O10P. The first-order valence-electron chi connectivity index (χ1n) is 29.3. The Kier molecular flexibility index (Phi) is 24.6. The molecule has 76 heavy (non-hydrogen) atoms. The van der Waals surface area contributed by atoms with E-state index in [1.54, 1.807) is 32.6 Å². The Labute approximate surface area is 456 Å². The van der Waals surface area contributed by atoms with Crippen molar-refractivity contribution in [3.8, 4) is 0 Å². The van der Waals surface area contributed by atoms with Crippen LogP contribution in [0.25, 0.3) is 0 Å². The number of benzene rings is 2. The second-order valence-electron chi connectivity index (χ2n) is 24.4. The molecule has 2 saturated heterocycles. The molecular weight excluding hydrogens is 990 g/mol. The van der Waals surface area contributed by atoms with E-state index < -0.39 is 85.0 Å². The summed E-state index contributed by atoms with van der Waals surface area (Å²) in [5.74, 6) is -5.94. The standard InChI is InChI=1S/C61H101F2N2O10P/c1-11-51-60(8,72)55(69)46(6)65(41-42(2)40-59(7,71)56(44(4)53(67)45(5)57(70)74-51)75-58-54(68)50(64(9)10)39-43(3)73-58)52(66)33-27-19-17-15-13-12-14-16-18-20-28-38-76(47-29-23-21-24-30-47,48-31-25-22-26-32-48)49-34-36-61(62,63)37-35-49/h21-26,29-32,42-46,49-51,53-56,58,67-69,71-72,76H,11-20,27-28,33-41H2,1-10H3/t42-,43-,44+,45-,46-,50+,51-,53+,54-,55-,56-,58+,59-,60-/m1/s1. The van der Waals surface area contributed by atoms with Gasteiger partial charge in [0, 0.05) is 24.9 Å². The molecule has 2 heterocycles. The van der Waals surface area contributed by atoms with E-state index in [1.807, 2.05) is 32.8 Å². The van der Waals surface area contributed by atoms with Crippen LogP contribution >= 0.6 is 7.26 Å². The molecule has 3 aliphatic rings. The molecule has 434 valence electrons. The topological polar surface area (TPSA) is 169 Å². The van der Waals surface area contributed by atoms with Crippen molar-refractivity contribution < 1.29 is 58.1 Å². The van der Waals surface area contributed by atoms with Gasteiger partial charge in [-0.05, 0) is 73.9 Å². The Balaban J connectivity index is 1.15. The van der Waals surface area contributed by atoms with E-state index in [0.717, 1.165) is 63.9 Å². The zero-order valence-corrected chi connectivity index (χ0v) is 49.1. The average molecular weight is 1090 g/mol. The molecule has 1 saturated carbocycles. The average Bonchev–Trinajstić information content (AvgIpc) is 3.38. The fourth-order valence-corrected chi connectivity index (χ4v) is 19.3. The van der Waals surface area contributed by atoms with Crippen molar-refractivity contribution >= 4 is 29.7 Å². The van der Waals surface area contributed by atoms with Gasteiger partial charge in [-0.15, -0.1) is 0 Å². The molecule has 14 atom stereocenters. The Bertz CT molecular complexity index is 1980. The maximum absolute atomic E-state index is 14.5. The number of unbranched alkanes of at least 4 members (excludes halogenated alkanes) is 10. The van der Waals surface area contributed by atoms with Gasteiger partial charge in [0.1, 0.15) is 23.9 Å². The molecule has 2 aromatic rings. The van der Waals surface area contributed by atoms with E-state index in [4.69, 9.17) is 14.2 Å². The van der Waals surface area contributed by atoms with Crippen LogP contribution in [0.1, 0.15) is 177 Å². The normalized spacial score (nSPS) is 33.8. The largest absolute Gasteiger partial charge is 0.388 e. The molecule has 0 aromatic heterocycles. The number of hydrogen-bond donors (Lipinski definition) is 5. The zero-order chi connectivity index (χ0) is 56.0. The number of cyclic esters (lactones) is 1. The maximum Gasteiger partial charge on any atom is 0.126 e. The quantitative estimate of drug-likeness (QED) is 0.0459. The summed E-state index contributed by atoms with van der Waals surface area (Å²) < 4.78 is 47.5. The number of ether oxygens (including phenoxy) is 3. The van der Waals surface area contributed by atoms with Gasteiger partial charge in [-0.2, -0.15) is 0 Å². The van der Waals surface area contributed by atoms with Gasteiger partial charge in [0.15, 0.2) is 6.29 Å². The maximum atomic E-state index is 14.5. The summed E-state index contributed by atoms with van der Waals surface area (Å²) in [6.45, 7) is 13.5. The van der Waals surface area contributed by atoms with Crippen LogP contribution in [0, 0.1) is 17.8 Å².